The van der Waals surface area contributed by atoms with Gasteiger partial charge in [0, 0.05) is 3.57 Å². The number of hydrogen-bond donors (Lipinski definition) is 0. The molecule has 0 aliphatic heterocycles. The fraction of sp³-hybridized carbons (Fsp3) is 0. The summed E-state index contributed by atoms with van der Waals surface area (Å²) in [5, 5.41) is 0. The van der Waals surface area contributed by atoms with E-state index in [1.165, 1.54) is 37.0 Å². The van der Waals surface area contributed by atoms with E-state index in [0.29, 0.717) is 0 Å². The van der Waals surface area contributed by atoms with Gasteiger partial charge in [-0.05, 0) is 68.1 Å². The van der Waals surface area contributed by atoms with Crippen LogP contribution in [0.5, 0.6) is 0 Å². The van der Waals surface area contributed by atoms with Crippen molar-refractivity contribution in [2.75, 3.05) is 0 Å². The number of benzene rings is 4. The molecule has 0 saturated heterocycles. The van der Waals surface area contributed by atoms with Crippen LogP contribution in [0.3, 0.4) is 0 Å². The van der Waals surface area contributed by atoms with E-state index in [2.05, 4.69) is 126 Å². The highest BCUT2D eigenvalue weighted by molar-refractivity contribution is 14.1. The average molecular weight is 432 g/mol. The molecule has 0 amide bonds. The minimum atomic E-state index is 1.25. The van der Waals surface area contributed by atoms with Gasteiger partial charge in [0.15, 0.2) is 0 Å². The van der Waals surface area contributed by atoms with E-state index in [9.17, 15) is 0 Å². The molecule has 0 nitrogen and oxygen atoms in total. The van der Waals surface area contributed by atoms with Gasteiger partial charge >= 0.3 is 0 Å². The van der Waals surface area contributed by atoms with Gasteiger partial charge in [0.25, 0.3) is 0 Å². The molecule has 0 fully saturated rings. The van der Waals surface area contributed by atoms with Crippen LogP contribution in [-0.4, -0.2) is 0 Å². The van der Waals surface area contributed by atoms with E-state index < -0.39 is 0 Å². The fourth-order valence-electron chi connectivity index (χ4n) is 3.19. The van der Waals surface area contributed by atoms with Crippen molar-refractivity contribution < 1.29 is 0 Å². The monoisotopic (exact) mass is 432 g/mol. The molecule has 4 aromatic carbocycles. The maximum absolute atomic E-state index is 2.35. The number of halogens is 1. The zero-order valence-corrected chi connectivity index (χ0v) is 15.9. The predicted molar refractivity (Wildman–Crippen MR) is 115 cm³/mol. The quantitative estimate of drug-likeness (QED) is 0.298. The molecule has 0 unspecified atom stereocenters. The highest BCUT2D eigenvalue weighted by atomic mass is 127. The van der Waals surface area contributed by atoms with Gasteiger partial charge in [-0.1, -0.05) is 91.0 Å². The maximum Gasteiger partial charge on any atom is 0.0130 e. The van der Waals surface area contributed by atoms with Crippen molar-refractivity contribution in [3.8, 4) is 33.4 Å². The summed E-state index contributed by atoms with van der Waals surface area (Å²) in [6.45, 7) is 0. The van der Waals surface area contributed by atoms with Crippen LogP contribution in [0.25, 0.3) is 33.4 Å². The largest absolute Gasteiger partial charge is 0.0622 e. The van der Waals surface area contributed by atoms with E-state index in [4.69, 9.17) is 0 Å². The van der Waals surface area contributed by atoms with E-state index in [0.717, 1.165) is 0 Å². The molecule has 0 aliphatic rings. The molecule has 4 rings (SSSR count). The van der Waals surface area contributed by atoms with Gasteiger partial charge in [0.1, 0.15) is 0 Å². The van der Waals surface area contributed by atoms with Gasteiger partial charge in [-0.25, -0.2) is 0 Å². The molecule has 0 aliphatic carbocycles. The van der Waals surface area contributed by atoms with E-state index >= 15 is 0 Å². The van der Waals surface area contributed by atoms with Gasteiger partial charge in [-0.2, -0.15) is 0 Å². The summed E-state index contributed by atoms with van der Waals surface area (Å²) in [6, 6.07) is 36.6. The third-order valence-electron chi connectivity index (χ3n) is 4.38. The molecule has 1 heteroatoms. The molecule has 0 aromatic heterocycles. The predicted octanol–water partition coefficient (Wildman–Crippen LogP) is 7.29. The van der Waals surface area contributed by atoms with Crippen molar-refractivity contribution in [2.24, 2.45) is 0 Å². The van der Waals surface area contributed by atoms with Crippen molar-refractivity contribution in [3.63, 3.8) is 0 Å². The second-order valence-electron chi connectivity index (χ2n) is 5.96. The molecule has 4 aromatic rings. The molecule has 0 atom stereocenters. The molecule has 0 bridgehead atoms. The number of hydrogen-bond acceptors (Lipinski definition) is 0. The van der Waals surface area contributed by atoms with Crippen LogP contribution in [0.4, 0.5) is 0 Å². The summed E-state index contributed by atoms with van der Waals surface area (Å²) in [4.78, 5) is 0. The van der Waals surface area contributed by atoms with E-state index in [1.54, 1.807) is 0 Å². The maximum atomic E-state index is 2.35. The Bertz CT molecular complexity index is 986. The van der Waals surface area contributed by atoms with Crippen LogP contribution in [0.2, 0.25) is 0 Å². The molecule has 0 N–H and O–H groups in total. The van der Waals surface area contributed by atoms with Crippen molar-refractivity contribution in [1.82, 2.24) is 0 Å². The Kier molecular flexibility index (Phi) is 4.66. The Hall–Kier alpha value is -2.39. The minimum Gasteiger partial charge on any atom is -0.0622 e. The third kappa shape index (κ3) is 3.38. The van der Waals surface area contributed by atoms with E-state index in [-0.39, 0.29) is 0 Å². The van der Waals surface area contributed by atoms with Crippen LogP contribution in [0.15, 0.2) is 103 Å². The number of rotatable bonds is 3. The molecule has 0 spiro atoms. The van der Waals surface area contributed by atoms with Crippen LogP contribution in [0.1, 0.15) is 0 Å². The summed E-state index contributed by atoms with van der Waals surface area (Å²) >= 11 is 2.35. The fourth-order valence-corrected chi connectivity index (χ4v) is 3.55. The second kappa shape index (κ2) is 7.24. The lowest BCUT2D eigenvalue weighted by atomic mass is 9.89. The van der Waals surface area contributed by atoms with Crippen LogP contribution in [0, 0.1) is 3.57 Å². The molecule has 120 valence electrons. The minimum absolute atomic E-state index is 1.25. The smallest absolute Gasteiger partial charge is 0.0130 e. The van der Waals surface area contributed by atoms with Gasteiger partial charge in [-0.15, -0.1) is 0 Å². The van der Waals surface area contributed by atoms with Crippen molar-refractivity contribution in [2.45, 2.75) is 0 Å². The summed E-state index contributed by atoms with van der Waals surface area (Å²) < 4.78 is 1.25. The average Bonchev–Trinajstić information content (AvgIpc) is 2.69. The van der Waals surface area contributed by atoms with Crippen LogP contribution >= 0.6 is 22.6 Å². The first-order valence-electron chi connectivity index (χ1n) is 8.33. The zero-order chi connectivity index (χ0) is 17.1. The zero-order valence-electron chi connectivity index (χ0n) is 13.7. The Morgan fingerprint density at radius 1 is 0.360 bits per heavy atom. The summed E-state index contributed by atoms with van der Waals surface area (Å²) in [7, 11) is 0. The van der Waals surface area contributed by atoms with Gasteiger partial charge < -0.3 is 0 Å². The van der Waals surface area contributed by atoms with Crippen molar-refractivity contribution in [1.29, 1.82) is 0 Å². The Morgan fingerprint density at radius 2 is 0.760 bits per heavy atom. The highest BCUT2D eigenvalue weighted by Gasteiger charge is 2.11. The van der Waals surface area contributed by atoms with Crippen molar-refractivity contribution >= 4 is 22.6 Å². The topological polar surface area (TPSA) is 0 Å². The third-order valence-corrected chi connectivity index (χ3v) is 5.10. The van der Waals surface area contributed by atoms with Crippen LogP contribution in [-0.2, 0) is 0 Å². The van der Waals surface area contributed by atoms with Crippen LogP contribution < -0.4 is 0 Å². The second-order valence-corrected chi connectivity index (χ2v) is 7.21. The first kappa shape index (κ1) is 16.1. The van der Waals surface area contributed by atoms with Gasteiger partial charge in [0.2, 0.25) is 0 Å². The summed E-state index contributed by atoms with van der Waals surface area (Å²) in [6.07, 6.45) is 0. The molecular formula is C24H17I. The van der Waals surface area contributed by atoms with Gasteiger partial charge in [-0.3, -0.25) is 0 Å². The van der Waals surface area contributed by atoms with Crippen molar-refractivity contribution in [3.05, 3.63) is 107 Å². The molecule has 0 radical (unpaired) electrons. The normalized spacial score (nSPS) is 10.6. The highest BCUT2D eigenvalue weighted by Crippen LogP contribution is 2.37. The Morgan fingerprint density at radius 3 is 1.28 bits per heavy atom. The first-order chi connectivity index (χ1) is 12.3. The lowest BCUT2D eigenvalue weighted by Crippen LogP contribution is -1.89. The molecule has 0 saturated carbocycles. The lowest BCUT2D eigenvalue weighted by molar-refractivity contribution is 1.55. The first-order valence-corrected chi connectivity index (χ1v) is 9.40. The SMILES string of the molecule is Ic1ccc(-c2ccccc2-c2ccccc2-c2ccccc2)cc1. The Labute approximate surface area is 162 Å². The standard InChI is InChI=1S/C24H17I/c25-20-16-14-19(15-17-20)22-11-5-7-13-24(22)23-12-6-4-10-21(23)18-8-2-1-3-9-18/h1-17H. The Balaban J connectivity index is 1.91. The van der Waals surface area contributed by atoms with E-state index in [1.807, 2.05) is 0 Å². The summed E-state index contributed by atoms with van der Waals surface area (Å²) in [5.41, 5.74) is 7.56. The summed E-state index contributed by atoms with van der Waals surface area (Å²) in [5.74, 6) is 0. The molecular weight excluding hydrogens is 415 g/mol. The lowest BCUT2D eigenvalue weighted by Gasteiger charge is -2.14. The van der Waals surface area contributed by atoms with Gasteiger partial charge in [0.05, 0.1) is 0 Å². The molecule has 0 heterocycles. The molecule has 25 heavy (non-hydrogen) atoms.